The maximum absolute atomic E-state index is 6.27. The summed E-state index contributed by atoms with van der Waals surface area (Å²) in [5.41, 5.74) is 4.66. The van der Waals surface area contributed by atoms with Gasteiger partial charge in [0, 0.05) is 18.0 Å². The smallest absolute Gasteiger partial charge is 0.108 e. The standard InChI is InChI=1S/C13H19ClN4O/c1-4-11-9(5-6-19-11)12(17-15)13-10(14)7-16-18(13)8(2)3/h5-8,12,17H,4,15H2,1-3H3. The third-order valence-electron chi connectivity index (χ3n) is 3.13. The fourth-order valence-corrected chi connectivity index (χ4v) is 2.48. The van der Waals surface area contributed by atoms with Gasteiger partial charge < -0.3 is 4.42 Å². The summed E-state index contributed by atoms with van der Waals surface area (Å²) in [5.74, 6) is 6.62. The van der Waals surface area contributed by atoms with E-state index >= 15 is 0 Å². The van der Waals surface area contributed by atoms with Crippen molar-refractivity contribution in [3.05, 3.63) is 40.6 Å². The van der Waals surface area contributed by atoms with Gasteiger partial charge in [-0.15, -0.1) is 0 Å². The summed E-state index contributed by atoms with van der Waals surface area (Å²) in [5, 5.41) is 4.91. The van der Waals surface area contributed by atoms with Crippen LogP contribution in [0.2, 0.25) is 5.02 Å². The number of hydrogen-bond donors (Lipinski definition) is 2. The monoisotopic (exact) mass is 282 g/mol. The van der Waals surface area contributed by atoms with Gasteiger partial charge in [-0.25, -0.2) is 5.43 Å². The van der Waals surface area contributed by atoms with Crippen LogP contribution in [-0.4, -0.2) is 9.78 Å². The van der Waals surface area contributed by atoms with Crippen LogP contribution in [-0.2, 0) is 6.42 Å². The van der Waals surface area contributed by atoms with Crippen molar-refractivity contribution >= 4 is 11.6 Å². The van der Waals surface area contributed by atoms with Gasteiger partial charge in [-0.2, -0.15) is 5.10 Å². The number of furan rings is 1. The number of hydrazine groups is 1. The first-order valence-corrected chi connectivity index (χ1v) is 6.73. The molecule has 2 aromatic rings. The van der Waals surface area contributed by atoms with E-state index in [0.717, 1.165) is 23.4 Å². The fourth-order valence-electron chi connectivity index (χ4n) is 2.24. The van der Waals surface area contributed by atoms with Crippen molar-refractivity contribution in [2.24, 2.45) is 5.84 Å². The molecule has 0 fully saturated rings. The molecule has 2 rings (SSSR count). The van der Waals surface area contributed by atoms with Gasteiger partial charge in [0.1, 0.15) is 5.76 Å². The molecule has 19 heavy (non-hydrogen) atoms. The van der Waals surface area contributed by atoms with E-state index < -0.39 is 0 Å². The quantitative estimate of drug-likeness (QED) is 0.653. The molecule has 0 bridgehead atoms. The van der Waals surface area contributed by atoms with E-state index in [-0.39, 0.29) is 12.1 Å². The summed E-state index contributed by atoms with van der Waals surface area (Å²) in [4.78, 5) is 0. The first kappa shape index (κ1) is 14.1. The number of nitrogens with zero attached hydrogens (tertiary/aromatic N) is 2. The predicted octanol–water partition coefficient (Wildman–Crippen LogP) is 2.83. The molecule has 0 aromatic carbocycles. The molecular weight excluding hydrogens is 264 g/mol. The number of rotatable bonds is 5. The second-order valence-electron chi connectivity index (χ2n) is 4.67. The zero-order valence-electron chi connectivity index (χ0n) is 11.4. The first-order chi connectivity index (χ1) is 9.10. The third kappa shape index (κ3) is 2.54. The predicted molar refractivity (Wildman–Crippen MR) is 74.9 cm³/mol. The molecule has 2 aromatic heterocycles. The van der Waals surface area contributed by atoms with Crippen LogP contribution in [0, 0.1) is 0 Å². The summed E-state index contributed by atoms with van der Waals surface area (Å²) in [7, 11) is 0. The fraction of sp³-hybridized carbons (Fsp3) is 0.462. The van der Waals surface area contributed by atoms with Gasteiger partial charge >= 0.3 is 0 Å². The van der Waals surface area contributed by atoms with Gasteiger partial charge in [0.25, 0.3) is 0 Å². The lowest BCUT2D eigenvalue weighted by molar-refractivity contribution is 0.465. The van der Waals surface area contributed by atoms with Crippen molar-refractivity contribution in [1.29, 1.82) is 0 Å². The summed E-state index contributed by atoms with van der Waals surface area (Å²) in [6.45, 7) is 6.14. The Morgan fingerprint density at radius 3 is 2.84 bits per heavy atom. The summed E-state index contributed by atoms with van der Waals surface area (Å²) in [6.07, 6.45) is 4.11. The maximum Gasteiger partial charge on any atom is 0.108 e. The highest BCUT2D eigenvalue weighted by Gasteiger charge is 2.25. The molecule has 2 heterocycles. The Morgan fingerprint density at radius 1 is 1.53 bits per heavy atom. The van der Waals surface area contributed by atoms with Crippen LogP contribution < -0.4 is 11.3 Å². The van der Waals surface area contributed by atoms with Gasteiger partial charge in [-0.05, 0) is 19.9 Å². The Kier molecular flexibility index (Phi) is 4.29. The summed E-state index contributed by atoms with van der Waals surface area (Å²) in [6, 6.07) is 1.89. The highest BCUT2D eigenvalue weighted by atomic mass is 35.5. The minimum Gasteiger partial charge on any atom is -0.469 e. The van der Waals surface area contributed by atoms with Crippen LogP contribution in [0.5, 0.6) is 0 Å². The van der Waals surface area contributed by atoms with Crippen LogP contribution in [0.25, 0.3) is 0 Å². The molecule has 0 spiro atoms. The number of aryl methyl sites for hydroxylation is 1. The molecule has 0 radical (unpaired) electrons. The molecule has 6 heteroatoms. The second-order valence-corrected chi connectivity index (χ2v) is 5.08. The van der Waals surface area contributed by atoms with Crippen molar-refractivity contribution in [1.82, 2.24) is 15.2 Å². The van der Waals surface area contributed by atoms with Gasteiger partial charge in [0.2, 0.25) is 0 Å². The normalized spacial score (nSPS) is 13.2. The first-order valence-electron chi connectivity index (χ1n) is 6.35. The Hall–Kier alpha value is -1.30. The molecule has 0 aliphatic heterocycles. The molecule has 1 atom stereocenters. The van der Waals surface area contributed by atoms with Crippen LogP contribution in [0.1, 0.15) is 49.9 Å². The number of hydrogen-bond acceptors (Lipinski definition) is 4. The number of nitrogens with two attached hydrogens (primary N) is 1. The molecule has 0 saturated carbocycles. The lowest BCUT2D eigenvalue weighted by Gasteiger charge is -2.20. The molecule has 0 aliphatic carbocycles. The summed E-state index contributed by atoms with van der Waals surface area (Å²) < 4.78 is 7.34. The molecular formula is C13H19ClN4O. The minimum atomic E-state index is -0.230. The van der Waals surface area contributed by atoms with E-state index in [4.69, 9.17) is 21.9 Å². The van der Waals surface area contributed by atoms with Gasteiger partial charge in [0.15, 0.2) is 0 Å². The SMILES string of the molecule is CCc1occc1C(NN)c1c(Cl)cnn1C(C)C. The van der Waals surface area contributed by atoms with Crippen molar-refractivity contribution in [2.45, 2.75) is 39.3 Å². The molecule has 3 N–H and O–H groups in total. The van der Waals surface area contributed by atoms with Crippen molar-refractivity contribution in [3.63, 3.8) is 0 Å². The maximum atomic E-state index is 6.27. The van der Waals surface area contributed by atoms with Crippen LogP contribution >= 0.6 is 11.6 Å². The average molecular weight is 283 g/mol. The molecule has 0 saturated heterocycles. The van der Waals surface area contributed by atoms with E-state index in [0.29, 0.717) is 5.02 Å². The van der Waals surface area contributed by atoms with Gasteiger partial charge in [0.05, 0.1) is 29.2 Å². The zero-order valence-corrected chi connectivity index (χ0v) is 12.1. The molecule has 0 amide bonds. The van der Waals surface area contributed by atoms with E-state index in [1.807, 2.05) is 17.7 Å². The summed E-state index contributed by atoms with van der Waals surface area (Å²) >= 11 is 6.27. The number of aromatic nitrogens is 2. The third-order valence-corrected chi connectivity index (χ3v) is 3.42. The Labute approximate surface area is 117 Å². The Morgan fingerprint density at radius 2 is 2.26 bits per heavy atom. The van der Waals surface area contributed by atoms with E-state index in [2.05, 4.69) is 24.4 Å². The highest BCUT2D eigenvalue weighted by Crippen LogP contribution is 2.32. The lowest BCUT2D eigenvalue weighted by atomic mass is 10.0. The van der Waals surface area contributed by atoms with Crippen LogP contribution in [0.15, 0.2) is 22.9 Å². The molecule has 5 nitrogen and oxygen atoms in total. The highest BCUT2D eigenvalue weighted by molar-refractivity contribution is 6.31. The second kappa shape index (κ2) is 5.77. The Bertz CT molecular complexity index is 547. The van der Waals surface area contributed by atoms with Crippen molar-refractivity contribution in [2.75, 3.05) is 0 Å². The lowest BCUT2D eigenvalue weighted by Crippen LogP contribution is -2.31. The molecule has 104 valence electrons. The van der Waals surface area contributed by atoms with Gasteiger partial charge in [-0.1, -0.05) is 18.5 Å². The largest absolute Gasteiger partial charge is 0.469 e. The Balaban J connectivity index is 2.51. The van der Waals surface area contributed by atoms with E-state index in [1.54, 1.807) is 12.5 Å². The zero-order chi connectivity index (χ0) is 14.0. The molecule has 0 aliphatic rings. The van der Waals surface area contributed by atoms with Crippen molar-refractivity contribution < 1.29 is 4.42 Å². The van der Waals surface area contributed by atoms with Crippen LogP contribution in [0.3, 0.4) is 0 Å². The van der Waals surface area contributed by atoms with E-state index in [1.165, 1.54) is 0 Å². The van der Waals surface area contributed by atoms with Gasteiger partial charge in [-0.3, -0.25) is 10.5 Å². The number of nitrogens with one attached hydrogen (secondary N) is 1. The van der Waals surface area contributed by atoms with Crippen molar-refractivity contribution in [3.8, 4) is 0 Å². The van der Waals surface area contributed by atoms with Crippen LogP contribution in [0.4, 0.5) is 0 Å². The minimum absolute atomic E-state index is 0.204. The van der Waals surface area contributed by atoms with E-state index in [9.17, 15) is 0 Å². The average Bonchev–Trinajstić information content (AvgIpc) is 2.98. The molecule has 1 unspecified atom stereocenters. The topological polar surface area (TPSA) is 69.0 Å². The number of halogens is 1.